The van der Waals surface area contributed by atoms with Gasteiger partial charge in [-0.15, -0.1) is 11.8 Å². The van der Waals surface area contributed by atoms with Crippen molar-refractivity contribution in [3.63, 3.8) is 0 Å². The summed E-state index contributed by atoms with van der Waals surface area (Å²) in [6.07, 6.45) is 0. The highest BCUT2D eigenvalue weighted by Crippen LogP contribution is 2.37. The molecule has 0 aromatic heterocycles. The van der Waals surface area contributed by atoms with Crippen LogP contribution in [0.25, 0.3) is 0 Å². The van der Waals surface area contributed by atoms with E-state index >= 15 is 0 Å². The molecule has 0 fully saturated rings. The van der Waals surface area contributed by atoms with Crippen LogP contribution < -0.4 is 9.62 Å². The molecule has 1 aliphatic heterocycles. The maximum atomic E-state index is 13.1. The van der Waals surface area contributed by atoms with E-state index in [1.54, 1.807) is 31.2 Å². The lowest BCUT2D eigenvalue weighted by Crippen LogP contribution is -2.31. The number of fused-ring (bicyclic) bond motifs is 1. The molecular formula is C18H20N2O3S2. The number of nitrogens with zero attached hydrogens (tertiary/aromatic N) is 1. The smallest absolute Gasteiger partial charge is 0.264 e. The minimum Gasteiger partial charge on any atom is -0.324 e. The molecule has 1 unspecified atom stereocenters. The van der Waals surface area contributed by atoms with Gasteiger partial charge in [-0.1, -0.05) is 12.1 Å². The van der Waals surface area contributed by atoms with Crippen molar-refractivity contribution in [2.45, 2.75) is 35.8 Å². The third-order valence-corrected chi connectivity index (χ3v) is 7.11. The number of benzene rings is 2. The highest BCUT2D eigenvalue weighted by molar-refractivity contribution is 8.01. The fourth-order valence-electron chi connectivity index (χ4n) is 2.74. The normalized spacial score (nSPS) is 16.9. The molecule has 1 aliphatic rings. The number of rotatable bonds is 4. The van der Waals surface area contributed by atoms with E-state index in [0.29, 0.717) is 17.9 Å². The summed E-state index contributed by atoms with van der Waals surface area (Å²) in [4.78, 5) is 12.8. The Morgan fingerprint density at radius 1 is 1.20 bits per heavy atom. The standard InChI is InChI=1S/C18H20N2O3S2/c1-4-20(14-7-5-6-12(2)10-14)25(22,23)15-8-9-16-17(11-15)24-13(3)18(21)19-16/h5-11,13H,4H2,1-3H3,(H,19,21). The first-order chi connectivity index (χ1) is 11.8. The number of sulfonamides is 1. The number of anilines is 2. The summed E-state index contributed by atoms with van der Waals surface area (Å²) in [6, 6.07) is 12.3. The van der Waals surface area contributed by atoms with Gasteiger partial charge in [0.2, 0.25) is 5.91 Å². The molecule has 25 heavy (non-hydrogen) atoms. The van der Waals surface area contributed by atoms with Crippen molar-refractivity contribution in [3.8, 4) is 0 Å². The van der Waals surface area contributed by atoms with Gasteiger partial charge in [0.1, 0.15) is 0 Å². The SMILES string of the molecule is CCN(c1cccc(C)c1)S(=O)(=O)c1ccc2c(c1)SC(C)C(=O)N2. The maximum absolute atomic E-state index is 13.1. The second kappa shape index (κ2) is 6.72. The summed E-state index contributed by atoms with van der Waals surface area (Å²) in [5, 5.41) is 2.56. The van der Waals surface area contributed by atoms with Crippen LogP contribution >= 0.6 is 11.8 Å². The zero-order chi connectivity index (χ0) is 18.2. The van der Waals surface area contributed by atoms with Crippen LogP contribution in [0.2, 0.25) is 0 Å². The van der Waals surface area contributed by atoms with Gasteiger partial charge in [-0.3, -0.25) is 9.10 Å². The molecule has 0 saturated carbocycles. The number of thioether (sulfide) groups is 1. The molecule has 2 aromatic carbocycles. The molecule has 2 aromatic rings. The van der Waals surface area contributed by atoms with E-state index in [2.05, 4.69) is 5.32 Å². The Balaban J connectivity index is 2.02. The summed E-state index contributed by atoms with van der Waals surface area (Å²) >= 11 is 1.37. The number of hydrogen-bond donors (Lipinski definition) is 1. The Bertz CT molecular complexity index is 926. The molecule has 1 N–H and O–H groups in total. The van der Waals surface area contributed by atoms with Crippen molar-refractivity contribution < 1.29 is 13.2 Å². The number of carbonyl (C=O) groups is 1. The van der Waals surface area contributed by atoms with Crippen molar-refractivity contribution in [1.82, 2.24) is 0 Å². The van der Waals surface area contributed by atoms with E-state index in [0.717, 1.165) is 10.5 Å². The van der Waals surface area contributed by atoms with Gasteiger partial charge in [-0.25, -0.2) is 8.42 Å². The molecule has 0 saturated heterocycles. The van der Waals surface area contributed by atoms with Crippen molar-refractivity contribution >= 4 is 39.1 Å². The van der Waals surface area contributed by atoms with E-state index in [1.165, 1.54) is 16.1 Å². The second-order valence-electron chi connectivity index (χ2n) is 5.92. The Morgan fingerprint density at radius 2 is 1.96 bits per heavy atom. The Hall–Kier alpha value is -1.99. The summed E-state index contributed by atoms with van der Waals surface area (Å²) in [5.74, 6) is -0.0666. The Morgan fingerprint density at radius 3 is 2.64 bits per heavy atom. The lowest BCUT2D eigenvalue weighted by Gasteiger charge is -2.25. The molecular weight excluding hydrogens is 356 g/mol. The van der Waals surface area contributed by atoms with Gasteiger partial charge in [0.05, 0.1) is 21.5 Å². The average molecular weight is 377 g/mol. The molecule has 7 heteroatoms. The van der Waals surface area contributed by atoms with Gasteiger partial charge in [0, 0.05) is 11.4 Å². The molecule has 1 amide bonds. The van der Waals surface area contributed by atoms with E-state index in [-0.39, 0.29) is 16.1 Å². The molecule has 1 atom stereocenters. The fourth-order valence-corrected chi connectivity index (χ4v) is 5.30. The number of nitrogens with one attached hydrogen (secondary N) is 1. The number of aryl methyl sites for hydroxylation is 1. The summed E-state index contributed by atoms with van der Waals surface area (Å²) in [7, 11) is -3.68. The predicted molar refractivity (Wildman–Crippen MR) is 102 cm³/mol. The molecule has 0 aliphatic carbocycles. The van der Waals surface area contributed by atoms with Crippen LogP contribution in [0, 0.1) is 6.92 Å². The lowest BCUT2D eigenvalue weighted by molar-refractivity contribution is -0.115. The molecule has 3 rings (SSSR count). The largest absolute Gasteiger partial charge is 0.324 e. The first-order valence-corrected chi connectivity index (χ1v) is 10.4. The third kappa shape index (κ3) is 3.39. The van der Waals surface area contributed by atoms with E-state index in [4.69, 9.17) is 0 Å². The van der Waals surface area contributed by atoms with Crippen LogP contribution in [-0.4, -0.2) is 26.1 Å². The van der Waals surface area contributed by atoms with Crippen LogP contribution in [0.5, 0.6) is 0 Å². The Labute approximate surface area is 152 Å². The fraction of sp³-hybridized carbons (Fsp3) is 0.278. The first-order valence-electron chi connectivity index (χ1n) is 8.04. The van der Waals surface area contributed by atoms with Gasteiger partial charge in [0.15, 0.2) is 0 Å². The quantitative estimate of drug-likeness (QED) is 0.885. The van der Waals surface area contributed by atoms with E-state index in [1.807, 2.05) is 32.0 Å². The second-order valence-corrected chi connectivity index (χ2v) is 9.16. The van der Waals surface area contributed by atoms with Crippen molar-refractivity contribution in [2.75, 3.05) is 16.2 Å². The molecule has 0 spiro atoms. The molecule has 0 bridgehead atoms. The number of amides is 1. The number of carbonyl (C=O) groups excluding carboxylic acids is 1. The summed E-state index contributed by atoms with van der Waals surface area (Å²) in [6.45, 7) is 5.89. The van der Waals surface area contributed by atoms with Gasteiger partial charge >= 0.3 is 0 Å². The van der Waals surface area contributed by atoms with Crippen LogP contribution in [-0.2, 0) is 14.8 Å². The number of hydrogen-bond acceptors (Lipinski definition) is 4. The molecule has 0 radical (unpaired) electrons. The van der Waals surface area contributed by atoms with E-state index < -0.39 is 10.0 Å². The average Bonchev–Trinajstić information content (AvgIpc) is 2.56. The highest BCUT2D eigenvalue weighted by atomic mass is 32.2. The molecule has 132 valence electrons. The third-order valence-electron chi connectivity index (χ3n) is 4.05. The van der Waals surface area contributed by atoms with Gasteiger partial charge in [-0.05, 0) is 56.7 Å². The topological polar surface area (TPSA) is 66.5 Å². The van der Waals surface area contributed by atoms with E-state index in [9.17, 15) is 13.2 Å². The van der Waals surface area contributed by atoms with Gasteiger partial charge < -0.3 is 5.32 Å². The van der Waals surface area contributed by atoms with Crippen LogP contribution in [0.3, 0.4) is 0 Å². The van der Waals surface area contributed by atoms with Crippen molar-refractivity contribution in [2.24, 2.45) is 0 Å². The monoisotopic (exact) mass is 376 g/mol. The Kier molecular flexibility index (Phi) is 4.79. The summed E-state index contributed by atoms with van der Waals surface area (Å²) in [5.41, 5.74) is 2.31. The molecule has 1 heterocycles. The minimum atomic E-state index is -3.68. The van der Waals surface area contributed by atoms with Gasteiger partial charge in [0.25, 0.3) is 10.0 Å². The van der Waals surface area contributed by atoms with Gasteiger partial charge in [-0.2, -0.15) is 0 Å². The predicted octanol–water partition coefficient (Wildman–Crippen LogP) is 3.64. The molecule has 5 nitrogen and oxygen atoms in total. The highest BCUT2D eigenvalue weighted by Gasteiger charge is 2.28. The zero-order valence-corrected chi connectivity index (χ0v) is 15.9. The zero-order valence-electron chi connectivity index (χ0n) is 14.3. The van der Waals surface area contributed by atoms with Crippen LogP contribution in [0.1, 0.15) is 19.4 Å². The first kappa shape index (κ1) is 17.8. The van der Waals surface area contributed by atoms with Crippen LogP contribution in [0.15, 0.2) is 52.3 Å². The van der Waals surface area contributed by atoms with Crippen molar-refractivity contribution in [3.05, 3.63) is 48.0 Å². The van der Waals surface area contributed by atoms with Crippen molar-refractivity contribution in [1.29, 1.82) is 0 Å². The maximum Gasteiger partial charge on any atom is 0.264 e. The summed E-state index contributed by atoms with van der Waals surface area (Å²) < 4.78 is 27.7. The van der Waals surface area contributed by atoms with Crippen LogP contribution in [0.4, 0.5) is 11.4 Å². The minimum absolute atomic E-state index is 0.0666. The lowest BCUT2D eigenvalue weighted by atomic mass is 10.2.